The van der Waals surface area contributed by atoms with Crippen LogP contribution in [0.3, 0.4) is 0 Å². The van der Waals surface area contributed by atoms with Gasteiger partial charge in [0.1, 0.15) is 6.04 Å². The van der Waals surface area contributed by atoms with Crippen molar-refractivity contribution < 1.29 is 23.1 Å². The van der Waals surface area contributed by atoms with Crippen molar-refractivity contribution in [3.05, 3.63) is 125 Å². The summed E-state index contributed by atoms with van der Waals surface area (Å²) in [6.45, 7) is 2.00. The SMILES string of the molecule is Cc1ccc(-c2sc(NC(=O)c3ccc(S(=O)(=O)N[C@@H](Cc4ccccc4)C(=O)O)cc3)nc2-c2cccc(Cl)c2)cc1. The van der Waals surface area contributed by atoms with E-state index in [9.17, 15) is 23.1 Å². The number of carboxylic acid groups (broad SMARTS) is 1. The summed E-state index contributed by atoms with van der Waals surface area (Å²) in [5, 5.41) is 13.3. The zero-order valence-corrected chi connectivity index (χ0v) is 25.2. The number of benzene rings is 4. The molecule has 0 aliphatic carbocycles. The highest BCUT2D eigenvalue weighted by Gasteiger charge is 2.26. The average Bonchev–Trinajstić information content (AvgIpc) is 3.41. The molecule has 1 amide bonds. The predicted octanol–water partition coefficient (Wildman–Crippen LogP) is 6.67. The van der Waals surface area contributed by atoms with E-state index < -0.39 is 27.9 Å². The minimum Gasteiger partial charge on any atom is -0.480 e. The molecule has 1 heterocycles. The second kappa shape index (κ2) is 12.9. The number of hydrogen-bond acceptors (Lipinski definition) is 6. The van der Waals surface area contributed by atoms with Crippen molar-refractivity contribution in [2.45, 2.75) is 24.3 Å². The number of amides is 1. The molecule has 0 aliphatic heterocycles. The minimum absolute atomic E-state index is 0.0224. The fourth-order valence-corrected chi connectivity index (χ4v) is 6.71. The van der Waals surface area contributed by atoms with Crippen molar-refractivity contribution in [2.24, 2.45) is 0 Å². The number of aromatic nitrogens is 1. The lowest BCUT2D eigenvalue weighted by Crippen LogP contribution is -2.42. The van der Waals surface area contributed by atoms with E-state index >= 15 is 0 Å². The standard InChI is InChI=1S/C32H26ClN3O5S2/c1-20-10-12-22(13-11-20)29-28(24-8-5-9-25(33)19-24)34-32(42-29)35-30(37)23-14-16-26(17-15-23)43(40,41)36-27(31(38)39)18-21-6-3-2-4-7-21/h2-17,19,27,36H,18H2,1H3,(H,38,39)(H,34,35,37)/t27-/m0/s1. The number of anilines is 1. The van der Waals surface area contributed by atoms with Crippen LogP contribution >= 0.6 is 22.9 Å². The van der Waals surface area contributed by atoms with Crippen molar-refractivity contribution in [3.8, 4) is 21.7 Å². The van der Waals surface area contributed by atoms with Crippen molar-refractivity contribution in [3.63, 3.8) is 0 Å². The molecule has 5 rings (SSSR count). The number of sulfonamides is 1. The minimum atomic E-state index is -4.18. The maximum absolute atomic E-state index is 13.1. The second-order valence-electron chi connectivity index (χ2n) is 9.75. The summed E-state index contributed by atoms with van der Waals surface area (Å²) in [5.41, 5.74) is 4.40. The van der Waals surface area contributed by atoms with Crippen LogP contribution in [0.25, 0.3) is 21.7 Å². The van der Waals surface area contributed by atoms with Gasteiger partial charge in [-0.1, -0.05) is 95.2 Å². The lowest BCUT2D eigenvalue weighted by molar-refractivity contribution is -0.138. The Hall–Kier alpha value is -4.35. The first-order valence-electron chi connectivity index (χ1n) is 13.1. The van der Waals surface area contributed by atoms with Crippen molar-refractivity contribution in [1.82, 2.24) is 9.71 Å². The molecule has 43 heavy (non-hydrogen) atoms. The number of nitrogens with zero attached hydrogens (tertiary/aromatic N) is 1. The molecule has 8 nitrogen and oxygen atoms in total. The molecule has 1 aromatic heterocycles. The van der Waals surface area contributed by atoms with Crippen LogP contribution in [0.4, 0.5) is 5.13 Å². The number of aryl methyl sites for hydroxylation is 1. The predicted molar refractivity (Wildman–Crippen MR) is 169 cm³/mol. The first-order valence-corrected chi connectivity index (χ1v) is 15.8. The van der Waals surface area contributed by atoms with Gasteiger partial charge in [-0.15, -0.1) is 0 Å². The van der Waals surface area contributed by atoms with Crippen LogP contribution in [0.2, 0.25) is 5.02 Å². The summed E-state index contributed by atoms with van der Waals surface area (Å²) in [4.78, 5) is 30.3. The molecule has 5 aromatic rings. The van der Waals surface area contributed by atoms with Crippen LogP contribution in [0.15, 0.2) is 108 Å². The Labute approximate surface area is 258 Å². The molecule has 218 valence electrons. The third-order valence-corrected chi connectivity index (χ3v) is 9.31. The molecule has 0 saturated carbocycles. The maximum atomic E-state index is 13.1. The van der Waals surface area contributed by atoms with E-state index in [-0.39, 0.29) is 16.9 Å². The zero-order valence-electron chi connectivity index (χ0n) is 22.8. The summed E-state index contributed by atoms with van der Waals surface area (Å²) >= 11 is 7.55. The molecule has 1 atom stereocenters. The van der Waals surface area contributed by atoms with Crippen molar-refractivity contribution in [1.29, 1.82) is 0 Å². The van der Waals surface area contributed by atoms with Gasteiger partial charge in [-0.3, -0.25) is 14.9 Å². The van der Waals surface area contributed by atoms with E-state index in [4.69, 9.17) is 16.6 Å². The molecule has 4 aromatic carbocycles. The van der Waals surface area contributed by atoms with Gasteiger partial charge in [-0.05, 0) is 60.9 Å². The van der Waals surface area contributed by atoms with Gasteiger partial charge in [0.2, 0.25) is 10.0 Å². The van der Waals surface area contributed by atoms with Gasteiger partial charge in [0.05, 0.1) is 15.5 Å². The summed E-state index contributed by atoms with van der Waals surface area (Å²) in [6, 6.07) is 27.9. The number of hydrogen-bond donors (Lipinski definition) is 3. The van der Waals surface area contributed by atoms with E-state index in [1.165, 1.54) is 35.6 Å². The Bertz CT molecular complexity index is 1870. The molecule has 11 heteroatoms. The lowest BCUT2D eigenvalue weighted by atomic mass is 10.1. The number of rotatable bonds is 10. The van der Waals surface area contributed by atoms with Crippen LogP contribution in [0.5, 0.6) is 0 Å². The van der Waals surface area contributed by atoms with E-state index in [1.54, 1.807) is 36.4 Å². The summed E-state index contributed by atoms with van der Waals surface area (Å²) in [7, 11) is -4.18. The number of nitrogens with one attached hydrogen (secondary N) is 2. The van der Waals surface area contributed by atoms with Gasteiger partial charge in [-0.25, -0.2) is 13.4 Å². The number of carbonyl (C=O) groups is 2. The van der Waals surface area contributed by atoms with Gasteiger partial charge in [0, 0.05) is 16.1 Å². The van der Waals surface area contributed by atoms with Crippen LogP contribution < -0.4 is 10.0 Å². The van der Waals surface area contributed by atoms with Gasteiger partial charge in [-0.2, -0.15) is 4.72 Å². The monoisotopic (exact) mass is 631 g/mol. The van der Waals surface area contributed by atoms with Crippen LogP contribution in [-0.4, -0.2) is 36.4 Å². The summed E-state index contributed by atoms with van der Waals surface area (Å²) < 4.78 is 28.2. The first-order chi connectivity index (χ1) is 20.6. The highest BCUT2D eigenvalue weighted by atomic mass is 35.5. The highest BCUT2D eigenvalue weighted by Crippen LogP contribution is 2.39. The number of aliphatic carboxylic acids is 1. The fraction of sp³-hybridized carbons (Fsp3) is 0.0938. The molecular formula is C32H26ClN3O5S2. The molecular weight excluding hydrogens is 606 g/mol. The average molecular weight is 632 g/mol. The number of carboxylic acids is 1. The van der Waals surface area contributed by atoms with Gasteiger partial charge in [0.25, 0.3) is 5.91 Å². The highest BCUT2D eigenvalue weighted by molar-refractivity contribution is 7.89. The van der Waals surface area contributed by atoms with Crippen molar-refractivity contribution in [2.75, 3.05) is 5.32 Å². The molecule has 3 N–H and O–H groups in total. The van der Waals surface area contributed by atoms with Crippen molar-refractivity contribution >= 4 is 50.0 Å². The maximum Gasteiger partial charge on any atom is 0.322 e. The topological polar surface area (TPSA) is 125 Å². The Morgan fingerprint density at radius 2 is 1.60 bits per heavy atom. The quantitative estimate of drug-likeness (QED) is 0.158. The number of halogens is 1. The van der Waals surface area contributed by atoms with Crippen LogP contribution in [0.1, 0.15) is 21.5 Å². The molecule has 0 fully saturated rings. The van der Waals surface area contributed by atoms with E-state index in [1.807, 2.05) is 49.4 Å². The third kappa shape index (κ3) is 7.36. The molecule has 0 radical (unpaired) electrons. The Morgan fingerprint density at radius 1 is 0.907 bits per heavy atom. The largest absolute Gasteiger partial charge is 0.480 e. The van der Waals surface area contributed by atoms with E-state index in [0.717, 1.165) is 21.6 Å². The Balaban J connectivity index is 1.35. The third-order valence-electron chi connectivity index (χ3n) is 6.56. The van der Waals surface area contributed by atoms with Gasteiger partial charge in [0.15, 0.2) is 5.13 Å². The molecule has 0 bridgehead atoms. The fourth-order valence-electron chi connectivity index (χ4n) is 4.34. The number of carbonyl (C=O) groups excluding carboxylic acids is 1. The first kappa shape index (κ1) is 30.1. The number of thiazole rings is 1. The zero-order chi connectivity index (χ0) is 30.6. The molecule has 0 unspecified atom stereocenters. The lowest BCUT2D eigenvalue weighted by Gasteiger charge is -2.15. The second-order valence-corrected chi connectivity index (χ2v) is 12.9. The molecule has 0 aliphatic rings. The van der Waals surface area contributed by atoms with Crippen LogP contribution in [-0.2, 0) is 21.2 Å². The molecule has 0 spiro atoms. The normalized spacial score (nSPS) is 12.0. The Morgan fingerprint density at radius 3 is 2.26 bits per heavy atom. The summed E-state index contributed by atoms with van der Waals surface area (Å²) in [5.74, 6) is -1.78. The Kier molecular flexibility index (Phi) is 9.02. The smallest absolute Gasteiger partial charge is 0.322 e. The summed E-state index contributed by atoms with van der Waals surface area (Å²) in [6.07, 6.45) is -0.0224. The van der Waals surface area contributed by atoms with E-state index in [0.29, 0.717) is 21.4 Å². The van der Waals surface area contributed by atoms with Gasteiger partial charge < -0.3 is 5.11 Å². The molecule has 0 saturated heterocycles. The van der Waals surface area contributed by atoms with Gasteiger partial charge >= 0.3 is 5.97 Å². The van der Waals surface area contributed by atoms with Crippen LogP contribution in [0, 0.1) is 6.92 Å². The van der Waals surface area contributed by atoms with E-state index in [2.05, 4.69) is 10.0 Å².